The highest BCUT2D eigenvalue weighted by atomic mass is 33.1. The van der Waals surface area contributed by atoms with Crippen molar-refractivity contribution >= 4 is 21.6 Å². The molecule has 0 amide bonds. The van der Waals surface area contributed by atoms with E-state index in [1.165, 1.54) is 0 Å². The van der Waals surface area contributed by atoms with Crippen LogP contribution in [0.3, 0.4) is 0 Å². The molecule has 0 rings (SSSR count). The van der Waals surface area contributed by atoms with Gasteiger partial charge < -0.3 is 0 Å². The molecular weight excluding hydrogens is 184 g/mol. The second kappa shape index (κ2) is 10.7. The Kier molecular flexibility index (Phi) is 10.4. The quantitative estimate of drug-likeness (QED) is 0.346. The molecule has 0 aromatic carbocycles. The standard InChI is InChI=1S/C10H14S2/c1-3-5-7-9-11-12-10-8-6-4-2/h3-8H,1-2,9-10H2. The van der Waals surface area contributed by atoms with Gasteiger partial charge >= 0.3 is 0 Å². The molecule has 0 aliphatic rings. The third-order valence-electron chi connectivity index (χ3n) is 0.956. The number of allylic oxidation sites excluding steroid dienone is 4. The van der Waals surface area contributed by atoms with E-state index >= 15 is 0 Å². The largest absolute Gasteiger partial charge is 0.0991 e. The Morgan fingerprint density at radius 1 is 0.833 bits per heavy atom. The lowest BCUT2D eigenvalue weighted by Gasteiger charge is -1.91. The molecule has 12 heavy (non-hydrogen) atoms. The summed E-state index contributed by atoms with van der Waals surface area (Å²) in [5.41, 5.74) is 0. The van der Waals surface area contributed by atoms with Crippen molar-refractivity contribution in [3.8, 4) is 0 Å². The molecule has 0 aliphatic carbocycles. The smallest absolute Gasteiger partial charge is 0.0220 e. The van der Waals surface area contributed by atoms with Crippen molar-refractivity contribution in [2.24, 2.45) is 0 Å². The summed E-state index contributed by atoms with van der Waals surface area (Å²) in [6.07, 6.45) is 11.7. The normalized spacial score (nSPS) is 11.0. The van der Waals surface area contributed by atoms with Crippen LogP contribution in [0.15, 0.2) is 49.6 Å². The monoisotopic (exact) mass is 198 g/mol. The van der Waals surface area contributed by atoms with Crippen molar-refractivity contribution in [3.63, 3.8) is 0 Å². The molecule has 2 heteroatoms. The summed E-state index contributed by atoms with van der Waals surface area (Å²) < 4.78 is 0. The van der Waals surface area contributed by atoms with Crippen LogP contribution in [0.25, 0.3) is 0 Å². The first-order chi connectivity index (χ1) is 5.91. The fraction of sp³-hybridized carbons (Fsp3) is 0.200. The van der Waals surface area contributed by atoms with Gasteiger partial charge in [-0.25, -0.2) is 0 Å². The predicted octanol–water partition coefficient (Wildman–Crippen LogP) is 3.85. The molecule has 0 bridgehead atoms. The molecule has 0 aliphatic heterocycles. The fourth-order valence-electron chi connectivity index (χ4n) is 0.478. The third kappa shape index (κ3) is 9.66. The van der Waals surface area contributed by atoms with Gasteiger partial charge in [-0.15, -0.1) is 0 Å². The summed E-state index contributed by atoms with van der Waals surface area (Å²) in [6.45, 7) is 7.19. The summed E-state index contributed by atoms with van der Waals surface area (Å²) in [4.78, 5) is 0. The van der Waals surface area contributed by atoms with Crippen molar-refractivity contribution in [2.45, 2.75) is 0 Å². The van der Waals surface area contributed by atoms with Gasteiger partial charge in [0, 0.05) is 11.5 Å². The Bertz CT molecular complexity index is 149. The highest BCUT2D eigenvalue weighted by molar-refractivity contribution is 8.76. The maximum absolute atomic E-state index is 3.59. The lowest BCUT2D eigenvalue weighted by atomic mass is 10.5. The topological polar surface area (TPSA) is 0 Å². The van der Waals surface area contributed by atoms with E-state index in [1.54, 1.807) is 12.2 Å². The first kappa shape index (κ1) is 11.7. The van der Waals surface area contributed by atoms with E-state index in [-0.39, 0.29) is 0 Å². The first-order valence-electron chi connectivity index (χ1n) is 3.71. The molecule has 0 N–H and O–H groups in total. The van der Waals surface area contributed by atoms with Gasteiger partial charge in [0.1, 0.15) is 0 Å². The van der Waals surface area contributed by atoms with Gasteiger partial charge in [0.25, 0.3) is 0 Å². The first-order valence-corrected chi connectivity index (χ1v) is 6.20. The maximum Gasteiger partial charge on any atom is 0.0220 e. The molecule has 0 saturated heterocycles. The maximum atomic E-state index is 3.59. The number of rotatable bonds is 7. The Morgan fingerprint density at radius 2 is 1.25 bits per heavy atom. The van der Waals surface area contributed by atoms with Gasteiger partial charge in [-0.3, -0.25) is 0 Å². The van der Waals surface area contributed by atoms with Gasteiger partial charge in [-0.1, -0.05) is 71.2 Å². The van der Waals surface area contributed by atoms with Gasteiger partial charge in [0.05, 0.1) is 0 Å². The van der Waals surface area contributed by atoms with Crippen LogP contribution in [0.2, 0.25) is 0 Å². The average molecular weight is 198 g/mol. The molecule has 0 nitrogen and oxygen atoms in total. The van der Waals surface area contributed by atoms with Crippen molar-refractivity contribution in [2.75, 3.05) is 11.5 Å². The molecule has 0 aromatic rings. The lowest BCUT2D eigenvalue weighted by Crippen LogP contribution is -1.67. The average Bonchev–Trinajstić information content (AvgIpc) is 2.10. The van der Waals surface area contributed by atoms with Crippen molar-refractivity contribution in [1.29, 1.82) is 0 Å². The third-order valence-corrected chi connectivity index (χ3v) is 3.10. The van der Waals surface area contributed by atoms with E-state index in [4.69, 9.17) is 0 Å². The molecule has 0 aromatic heterocycles. The molecule has 0 fully saturated rings. The fourth-order valence-corrected chi connectivity index (χ4v) is 2.10. The van der Waals surface area contributed by atoms with Crippen LogP contribution in [0.5, 0.6) is 0 Å². The molecule has 0 atom stereocenters. The van der Waals surface area contributed by atoms with Crippen LogP contribution in [0, 0.1) is 0 Å². The van der Waals surface area contributed by atoms with Crippen LogP contribution in [-0.2, 0) is 0 Å². The zero-order valence-corrected chi connectivity index (χ0v) is 8.74. The number of hydrogen-bond acceptors (Lipinski definition) is 2. The van der Waals surface area contributed by atoms with Crippen molar-refractivity contribution < 1.29 is 0 Å². The van der Waals surface area contributed by atoms with E-state index in [2.05, 4.69) is 25.3 Å². The molecular formula is C10H14S2. The Labute approximate surface area is 82.9 Å². The van der Waals surface area contributed by atoms with Crippen molar-refractivity contribution in [1.82, 2.24) is 0 Å². The minimum atomic E-state index is 1.04. The van der Waals surface area contributed by atoms with Gasteiger partial charge in [-0.2, -0.15) is 0 Å². The summed E-state index contributed by atoms with van der Waals surface area (Å²) in [5.74, 6) is 2.08. The van der Waals surface area contributed by atoms with E-state index in [1.807, 2.05) is 33.7 Å². The molecule has 0 saturated carbocycles. The molecule has 0 heterocycles. The minimum absolute atomic E-state index is 1.04. The lowest BCUT2D eigenvalue weighted by molar-refractivity contribution is 1.76. The van der Waals surface area contributed by atoms with E-state index in [0.29, 0.717) is 0 Å². The Hall–Kier alpha value is -0.340. The summed E-state index contributed by atoms with van der Waals surface area (Å²) in [6, 6.07) is 0. The van der Waals surface area contributed by atoms with Crippen LogP contribution < -0.4 is 0 Å². The summed E-state index contributed by atoms with van der Waals surface area (Å²) >= 11 is 0. The molecule has 0 spiro atoms. The van der Waals surface area contributed by atoms with Gasteiger partial charge in [0.2, 0.25) is 0 Å². The van der Waals surface area contributed by atoms with Crippen LogP contribution in [0.4, 0.5) is 0 Å². The van der Waals surface area contributed by atoms with Gasteiger partial charge in [0.15, 0.2) is 0 Å². The van der Waals surface area contributed by atoms with Crippen molar-refractivity contribution in [3.05, 3.63) is 49.6 Å². The number of hydrogen-bond donors (Lipinski definition) is 0. The second-order valence-electron chi connectivity index (χ2n) is 1.90. The second-order valence-corrected chi connectivity index (χ2v) is 4.45. The van der Waals surface area contributed by atoms with E-state index in [0.717, 1.165) is 11.5 Å². The summed E-state index contributed by atoms with van der Waals surface area (Å²) in [5, 5.41) is 0. The highest BCUT2D eigenvalue weighted by Gasteiger charge is 1.81. The zero-order chi connectivity index (χ0) is 9.07. The molecule has 0 unspecified atom stereocenters. The Balaban J connectivity index is 3.10. The molecule has 0 radical (unpaired) electrons. The van der Waals surface area contributed by atoms with Crippen LogP contribution >= 0.6 is 21.6 Å². The minimum Gasteiger partial charge on any atom is -0.0991 e. The van der Waals surface area contributed by atoms with Gasteiger partial charge in [-0.05, 0) is 0 Å². The zero-order valence-electron chi connectivity index (χ0n) is 7.11. The van der Waals surface area contributed by atoms with E-state index < -0.39 is 0 Å². The van der Waals surface area contributed by atoms with E-state index in [9.17, 15) is 0 Å². The SMILES string of the molecule is C=CC=CCSSCC=CC=C. The Morgan fingerprint density at radius 3 is 1.58 bits per heavy atom. The summed E-state index contributed by atoms with van der Waals surface area (Å²) in [7, 11) is 3.68. The predicted molar refractivity (Wildman–Crippen MR) is 63.6 cm³/mol. The van der Waals surface area contributed by atoms with Crippen LogP contribution in [0.1, 0.15) is 0 Å². The van der Waals surface area contributed by atoms with Crippen LogP contribution in [-0.4, -0.2) is 11.5 Å². The highest BCUT2D eigenvalue weighted by Crippen LogP contribution is 2.20. The molecule has 66 valence electrons.